The summed E-state index contributed by atoms with van der Waals surface area (Å²) >= 11 is 6.05. The SMILES string of the molecule is CN(Cc1ccccc1Cl)C(=O)[C@@H]1CCC(=O)N1. The van der Waals surface area contributed by atoms with Crippen molar-refractivity contribution in [1.82, 2.24) is 10.2 Å². The predicted octanol–water partition coefficient (Wildman–Crippen LogP) is 1.58. The van der Waals surface area contributed by atoms with Crippen molar-refractivity contribution in [2.24, 2.45) is 0 Å². The Balaban J connectivity index is 2.00. The van der Waals surface area contributed by atoms with Gasteiger partial charge in [-0.1, -0.05) is 29.8 Å². The van der Waals surface area contributed by atoms with Crippen LogP contribution >= 0.6 is 11.6 Å². The molecule has 4 nitrogen and oxygen atoms in total. The molecule has 5 heteroatoms. The molecule has 0 saturated carbocycles. The van der Waals surface area contributed by atoms with Gasteiger partial charge in [-0.05, 0) is 18.1 Å². The molecule has 1 aliphatic rings. The van der Waals surface area contributed by atoms with E-state index in [9.17, 15) is 9.59 Å². The minimum absolute atomic E-state index is 0.0560. The van der Waals surface area contributed by atoms with E-state index in [1.807, 2.05) is 18.2 Å². The largest absolute Gasteiger partial charge is 0.344 e. The Bertz CT molecular complexity index is 476. The summed E-state index contributed by atoms with van der Waals surface area (Å²) in [6.45, 7) is 0.449. The molecule has 2 rings (SSSR count). The van der Waals surface area contributed by atoms with Gasteiger partial charge in [0.25, 0.3) is 0 Å². The molecule has 1 aromatic rings. The van der Waals surface area contributed by atoms with E-state index in [-0.39, 0.29) is 17.9 Å². The van der Waals surface area contributed by atoms with Gasteiger partial charge < -0.3 is 10.2 Å². The molecule has 0 aromatic heterocycles. The Hall–Kier alpha value is -1.55. The van der Waals surface area contributed by atoms with Crippen LogP contribution in [0.1, 0.15) is 18.4 Å². The molecule has 0 bridgehead atoms. The van der Waals surface area contributed by atoms with Gasteiger partial charge in [-0.15, -0.1) is 0 Å². The van der Waals surface area contributed by atoms with Crippen LogP contribution in [0.3, 0.4) is 0 Å². The standard InChI is InChI=1S/C13H15ClN2O2/c1-16(8-9-4-2-3-5-10(9)14)13(18)11-6-7-12(17)15-11/h2-5,11H,6-8H2,1H3,(H,15,17)/t11-/m0/s1. The third kappa shape index (κ3) is 2.82. The van der Waals surface area contributed by atoms with Crippen LogP contribution in [0.15, 0.2) is 24.3 Å². The van der Waals surface area contributed by atoms with Gasteiger partial charge >= 0.3 is 0 Å². The van der Waals surface area contributed by atoms with Gasteiger partial charge in [0, 0.05) is 25.0 Å². The highest BCUT2D eigenvalue weighted by Gasteiger charge is 2.29. The van der Waals surface area contributed by atoms with Crippen LogP contribution in [0.4, 0.5) is 0 Å². The Labute approximate surface area is 111 Å². The number of nitrogens with zero attached hydrogens (tertiary/aromatic N) is 1. The molecule has 1 fully saturated rings. The molecule has 96 valence electrons. The number of hydrogen-bond donors (Lipinski definition) is 1. The lowest BCUT2D eigenvalue weighted by molar-refractivity contribution is -0.133. The van der Waals surface area contributed by atoms with Crippen LogP contribution in [-0.4, -0.2) is 29.8 Å². The second-order valence-corrected chi connectivity index (χ2v) is 4.85. The number of hydrogen-bond acceptors (Lipinski definition) is 2. The fraction of sp³-hybridized carbons (Fsp3) is 0.385. The molecule has 1 N–H and O–H groups in total. The Kier molecular flexibility index (Phi) is 3.87. The van der Waals surface area contributed by atoms with Crippen LogP contribution < -0.4 is 5.32 Å². The first-order valence-corrected chi connectivity index (χ1v) is 6.23. The van der Waals surface area contributed by atoms with Crippen LogP contribution in [0.5, 0.6) is 0 Å². The molecule has 1 heterocycles. The first kappa shape index (κ1) is 12.9. The lowest BCUT2D eigenvalue weighted by Gasteiger charge is -2.21. The van der Waals surface area contributed by atoms with E-state index < -0.39 is 0 Å². The van der Waals surface area contributed by atoms with Crippen molar-refractivity contribution in [3.8, 4) is 0 Å². The molecule has 1 atom stereocenters. The van der Waals surface area contributed by atoms with Crippen LogP contribution in [0.25, 0.3) is 0 Å². The first-order valence-electron chi connectivity index (χ1n) is 5.85. The maximum atomic E-state index is 12.1. The van der Waals surface area contributed by atoms with Gasteiger partial charge in [-0.25, -0.2) is 0 Å². The summed E-state index contributed by atoms with van der Waals surface area (Å²) in [7, 11) is 1.72. The molecule has 0 spiro atoms. The third-order valence-electron chi connectivity index (χ3n) is 3.03. The molecule has 1 aliphatic heterocycles. The van der Waals surface area contributed by atoms with Crippen LogP contribution in [0, 0.1) is 0 Å². The van der Waals surface area contributed by atoms with E-state index in [2.05, 4.69) is 5.32 Å². The zero-order valence-electron chi connectivity index (χ0n) is 10.1. The minimum atomic E-state index is -0.384. The number of rotatable bonds is 3. The molecule has 0 aliphatic carbocycles. The Morgan fingerprint density at radius 2 is 2.22 bits per heavy atom. The summed E-state index contributed by atoms with van der Waals surface area (Å²) in [5, 5.41) is 3.32. The highest BCUT2D eigenvalue weighted by molar-refractivity contribution is 6.31. The molecule has 1 saturated heterocycles. The number of benzene rings is 1. The molecule has 1 aromatic carbocycles. The monoisotopic (exact) mass is 266 g/mol. The van der Waals surface area contributed by atoms with Crippen LogP contribution in [0.2, 0.25) is 5.02 Å². The predicted molar refractivity (Wildman–Crippen MR) is 69.1 cm³/mol. The third-order valence-corrected chi connectivity index (χ3v) is 3.40. The van der Waals surface area contributed by atoms with Crippen molar-refractivity contribution in [2.75, 3.05) is 7.05 Å². The summed E-state index contributed by atoms with van der Waals surface area (Å²) in [5.41, 5.74) is 0.902. The van der Waals surface area contributed by atoms with Gasteiger partial charge in [0.1, 0.15) is 6.04 Å². The first-order chi connectivity index (χ1) is 8.58. The van der Waals surface area contributed by atoms with Crippen molar-refractivity contribution in [3.63, 3.8) is 0 Å². The molecular formula is C13H15ClN2O2. The summed E-state index contributed by atoms with van der Waals surface area (Å²) in [6, 6.07) is 7.04. The Morgan fingerprint density at radius 3 is 2.83 bits per heavy atom. The fourth-order valence-corrected chi connectivity index (χ4v) is 2.22. The second-order valence-electron chi connectivity index (χ2n) is 4.44. The summed E-state index contributed by atoms with van der Waals surface area (Å²) in [4.78, 5) is 24.8. The van der Waals surface area contributed by atoms with Crippen molar-refractivity contribution < 1.29 is 9.59 Å². The topological polar surface area (TPSA) is 49.4 Å². The number of likely N-dealkylation sites (N-methyl/N-ethyl adjacent to an activating group) is 1. The van der Waals surface area contributed by atoms with Gasteiger partial charge in [0.15, 0.2) is 0 Å². The quantitative estimate of drug-likeness (QED) is 0.903. The summed E-state index contributed by atoms with van der Waals surface area (Å²) in [6.07, 6.45) is 1.00. The van der Waals surface area contributed by atoms with Gasteiger partial charge in [0.2, 0.25) is 11.8 Å². The zero-order chi connectivity index (χ0) is 13.1. The van der Waals surface area contributed by atoms with Crippen LogP contribution in [-0.2, 0) is 16.1 Å². The van der Waals surface area contributed by atoms with E-state index in [4.69, 9.17) is 11.6 Å². The van der Waals surface area contributed by atoms with E-state index in [0.29, 0.717) is 24.4 Å². The van der Waals surface area contributed by atoms with E-state index in [1.54, 1.807) is 18.0 Å². The van der Waals surface area contributed by atoms with Crippen molar-refractivity contribution >= 4 is 23.4 Å². The minimum Gasteiger partial charge on any atom is -0.344 e. The normalized spacial score (nSPS) is 18.6. The average molecular weight is 267 g/mol. The number of carbonyl (C=O) groups is 2. The highest BCUT2D eigenvalue weighted by atomic mass is 35.5. The molecule has 0 unspecified atom stereocenters. The Morgan fingerprint density at radius 1 is 1.50 bits per heavy atom. The lowest BCUT2D eigenvalue weighted by atomic mass is 10.1. The maximum Gasteiger partial charge on any atom is 0.245 e. The number of halogens is 1. The second kappa shape index (κ2) is 5.40. The molecule has 0 radical (unpaired) electrons. The zero-order valence-corrected chi connectivity index (χ0v) is 10.9. The lowest BCUT2D eigenvalue weighted by Crippen LogP contribution is -2.42. The smallest absolute Gasteiger partial charge is 0.245 e. The van der Waals surface area contributed by atoms with E-state index >= 15 is 0 Å². The van der Waals surface area contributed by atoms with Gasteiger partial charge in [0.05, 0.1) is 0 Å². The van der Waals surface area contributed by atoms with E-state index in [1.165, 1.54) is 0 Å². The number of nitrogens with one attached hydrogen (secondary N) is 1. The average Bonchev–Trinajstić information content (AvgIpc) is 2.78. The van der Waals surface area contributed by atoms with Gasteiger partial charge in [-0.3, -0.25) is 9.59 Å². The summed E-state index contributed by atoms with van der Waals surface area (Å²) in [5.74, 6) is -0.125. The van der Waals surface area contributed by atoms with Crippen molar-refractivity contribution in [2.45, 2.75) is 25.4 Å². The highest BCUT2D eigenvalue weighted by Crippen LogP contribution is 2.17. The molecular weight excluding hydrogens is 252 g/mol. The fourth-order valence-electron chi connectivity index (χ4n) is 2.03. The van der Waals surface area contributed by atoms with Gasteiger partial charge in [-0.2, -0.15) is 0 Å². The van der Waals surface area contributed by atoms with E-state index in [0.717, 1.165) is 5.56 Å². The summed E-state index contributed by atoms with van der Waals surface area (Å²) < 4.78 is 0. The number of carbonyl (C=O) groups excluding carboxylic acids is 2. The van der Waals surface area contributed by atoms with Crippen molar-refractivity contribution in [1.29, 1.82) is 0 Å². The molecule has 2 amide bonds. The van der Waals surface area contributed by atoms with Crippen molar-refractivity contribution in [3.05, 3.63) is 34.9 Å². The molecule has 18 heavy (non-hydrogen) atoms. The number of amides is 2. The maximum absolute atomic E-state index is 12.1.